The summed E-state index contributed by atoms with van der Waals surface area (Å²) in [5.41, 5.74) is 1.03. The molecule has 3 aromatic rings. The largest absolute Gasteiger partial charge is 0.346 e. The number of nitrogens with zero attached hydrogens (tertiary/aromatic N) is 1. The molecule has 3 aromatic carbocycles. The molecule has 0 saturated carbocycles. The van der Waals surface area contributed by atoms with E-state index in [-0.39, 0.29) is 18.3 Å². The van der Waals surface area contributed by atoms with Crippen LogP contribution >= 0.6 is 0 Å². The van der Waals surface area contributed by atoms with E-state index >= 15 is 0 Å². The first-order valence-corrected chi connectivity index (χ1v) is 8.95. The number of hydrogen-bond donors (Lipinski definition) is 2. The fourth-order valence-corrected chi connectivity index (χ4v) is 3.12. The lowest BCUT2D eigenvalue weighted by atomic mass is 9.98. The van der Waals surface area contributed by atoms with E-state index in [4.69, 9.17) is 0 Å². The van der Waals surface area contributed by atoms with Crippen LogP contribution in [-0.4, -0.2) is 37.4 Å². The van der Waals surface area contributed by atoms with Crippen molar-refractivity contribution in [3.63, 3.8) is 0 Å². The summed E-state index contributed by atoms with van der Waals surface area (Å²) in [6.07, 6.45) is 0. The molecule has 0 saturated heterocycles. The molecular weight excluding hydrogens is 357 g/mol. The molecule has 0 aliphatic rings. The Morgan fingerprint density at radius 2 is 1.61 bits per heavy atom. The normalized spacial score (nSPS) is 12.0. The van der Waals surface area contributed by atoms with Gasteiger partial charge in [-0.15, -0.1) is 0 Å². The molecule has 0 aliphatic heterocycles. The first kappa shape index (κ1) is 19.5. The summed E-state index contributed by atoms with van der Waals surface area (Å²) in [5, 5.41) is 7.14. The molecule has 0 radical (unpaired) electrons. The number of anilines is 1. The highest BCUT2D eigenvalue weighted by Gasteiger charge is 2.20. The number of halogens is 1. The number of amides is 2. The van der Waals surface area contributed by atoms with Gasteiger partial charge in [0.15, 0.2) is 0 Å². The van der Waals surface area contributed by atoms with Crippen LogP contribution in [0.25, 0.3) is 10.8 Å². The van der Waals surface area contributed by atoms with Gasteiger partial charge in [0.25, 0.3) is 0 Å². The highest BCUT2D eigenvalue weighted by Crippen LogP contribution is 2.26. The highest BCUT2D eigenvalue weighted by atomic mass is 19.1. The maximum Gasteiger partial charge on any atom is 0.313 e. The average Bonchev–Trinajstić information content (AvgIpc) is 2.69. The lowest BCUT2D eigenvalue weighted by Crippen LogP contribution is -2.40. The first-order valence-electron chi connectivity index (χ1n) is 8.95. The van der Waals surface area contributed by atoms with E-state index in [1.54, 1.807) is 6.07 Å². The second-order valence-corrected chi connectivity index (χ2v) is 6.69. The van der Waals surface area contributed by atoms with Crippen LogP contribution in [0, 0.1) is 5.82 Å². The number of fused-ring (bicyclic) bond motifs is 1. The van der Waals surface area contributed by atoms with Crippen molar-refractivity contribution in [1.82, 2.24) is 10.2 Å². The highest BCUT2D eigenvalue weighted by molar-refractivity contribution is 6.39. The van der Waals surface area contributed by atoms with Crippen molar-refractivity contribution in [2.24, 2.45) is 0 Å². The standard InChI is InChI=1S/C22H22FN3O2/c1-26(2)20(17-11-7-9-15-8-3-4-10-16(15)17)14-24-21(27)22(28)25-19-13-6-5-12-18(19)23/h3-13,20H,14H2,1-2H3,(H,24,27)(H,25,28)/t20-/m1/s1. The number of carbonyl (C=O) groups is 2. The van der Waals surface area contributed by atoms with Crippen molar-refractivity contribution in [1.29, 1.82) is 0 Å². The fourth-order valence-electron chi connectivity index (χ4n) is 3.12. The topological polar surface area (TPSA) is 61.4 Å². The molecule has 0 heterocycles. The average molecular weight is 379 g/mol. The quantitative estimate of drug-likeness (QED) is 0.669. The van der Waals surface area contributed by atoms with E-state index in [9.17, 15) is 14.0 Å². The number of rotatable bonds is 5. The van der Waals surface area contributed by atoms with Crippen LogP contribution in [0.15, 0.2) is 66.7 Å². The molecule has 0 unspecified atom stereocenters. The van der Waals surface area contributed by atoms with E-state index in [1.807, 2.05) is 61.5 Å². The Hall–Kier alpha value is -3.25. The van der Waals surface area contributed by atoms with Crippen LogP contribution in [0.1, 0.15) is 11.6 Å². The minimum Gasteiger partial charge on any atom is -0.346 e. The molecule has 1 atom stereocenters. The zero-order valence-corrected chi connectivity index (χ0v) is 15.8. The summed E-state index contributed by atoms with van der Waals surface area (Å²) in [4.78, 5) is 26.3. The van der Waals surface area contributed by atoms with Gasteiger partial charge in [0.1, 0.15) is 5.82 Å². The maximum atomic E-state index is 13.6. The Labute approximate surface area is 163 Å². The fraction of sp³-hybridized carbons (Fsp3) is 0.182. The molecule has 0 bridgehead atoms. The monoisotopic (exact) mass is 379 g/mol. The Balaban J connectivity index is 1.72. The SMILES string of the molecule is CN(C)[C@H](CNC(=O)C(=O)Nc1ccccc1F)c1cccc2ccccc12. The van der Waals surface area contributed by atoms with Gasteiger partial charge < -0.3 is 15.5 Å². The summed E-state index contributed by atoms with van der Waals surface area (Å²) in [6.45, 7) is 0.241. The summed E-state index contributed by atoms with van der Waals surface area (Å²) >= 11 is 0. The zero-order chi connectivity index (χ0) is 20.1. The van der Waals surface area contributed by atoms with Crippen LogP contribution in [0.3, 0.4) is 0 Å². The number of likely N-dealkylation sites (N-methyl/N-ethyl adjacent to an activating group) is 1. The smallest absolute Gasteiger partial charge is 0.313 e. The van der Waals surface area contributed by atoms with Crippen molar-refractivity contribution in [3.8, 4) is 0 Å². The van der Waals surface area contributed by atoms with Gasteiger partial charge >= 0.3 is 11.8 Å². The van der Waals surface area contributed by atoms with E-state index in [0.29, 0.717) is 0 Å². The van der Waals surface area contributed by atoms with Gasteiger partial charge in [0.2, 0.25) is 0 Å². The Bertz CT molecular complexity index is 998. The Morgan fingerprint density at radius 3 is 2.36 bits per heavy atom. The van der Waals surface area contributed by atoms with Crippen LogP contribution in [-0.2, 0) is 9.59 Å². The van der Waals surface area contributed by atoms with Gasteiger partial charge in [-0.2, -0.15) is 0 Å². The second-order valence-electron chi connectivity index (χ2n) is 6.69. The molecule has 0 aliphatic carbocycles. The van der Waals surface area contributed by atoms with E-state index in [2.05, 4.69) is 10.6 Å². The summed E-state index contributed by atoms with van der Waals surface area (Å²) in [6, 6.07) is 19.6. The molecule has 0 spiro atoms. The van der Waals surface area contributed by atoms with Crippen molar-refractivity contribution in [2.75, 3.05) is 26.0 Å². The number of para-hydroxylation sites is 1. The van der Waals surface area contributed by atoms with Gasteiger partial charge in [-0.25, -0.2) is 4.39 Å². The molecule has 2 amide bonds. The molecule has 144 valence electrons. The predicted molar refractivity (Wildman–Crippen MR) is 108 cm³/mol. The molecule has 5 nitrogen and oxygen atoms in total. The van der Waals surface area contributed by atoms with Gasteiger partial charge in [-0.05, 0) is 42.6 Å². The van der Waals surface area contributed by atoms with Gasteiger partial charge in [0.05, 0.1) is 11.7 Å². The van der Waals surface area contributed by atoms with Crippen LogP contribution in [0.4, 0.5) is 10.1 Å². The van der Waals surface area contributed by atoms with Gasteiger partial charge in [0, 0.05) is 6.54 Å². The van der Waals surface area contributed by atoms with Crippen molar-refractivity contribution >= 4 is 28.3 Å². The van der Waals surface area contributed by atoms with Crippen LogP contribution < -0.4 is 10.6 Å². The van der Waals surface area contributed by atoms with E-state index in [0.717, 1.165) is 16.3 Å². The zero-order valence-electron chi connectivity index (χ0n) is 15.8. The molecule has 6 heteroatoms. The van der Waals surface area contributed by atoms with Crippen LogP contribution in [0.2, 0.25) is 0 Å². The molecule has 3 rings (SSSR count). The number of benzene rings is 3. The number of hydrogen-bond acceptors (Lipinski definition) is 3. The second kappa shape index (κ2) is 8.63. The lowest BCUT2D eigenvalue weighted by Gasteiger charge is -2.26. The van der Waals surface area contributed by atoms with Crippen molar-refractivity contribution < 1.29 is 14.0 Å². The predicted octanol–water partition coefficient (Wildman–Crippen LogP) is 3.34. The summed E-state index contributed by atoms with van der Waals surface area (Å²) in [7, 11) is 3.83. The van der Waals surface area contributed by atoms with Crippen LogP contribution in [0.5, 0.6) is 0 Å². The van der Waals surface area contributed by atoms with Gasteiger partial charge in [-0.1, -0.05) is 54.6 Å². The summed E-state index contributed by atoms with van der Waals surface area (Å²) < 4.78 is 13.6. The van der Waals surface area contributed by atoms with Crippen molar-refractivity contribution in [2.45, 2.75) is 6.04 Å². The minimum absolute atomic E-state index is 0.0270. The number of carbonyl (C=O) groups excluding carboxylic acids is 2. The molecule has 2 N–H and O–H groups in total. The minimum atomic E-state index is -0.902. The molecular formula is C22H22FN3O2. The van der Waals surface area contributed by atoms with E-state index in [1.165, 1.54) is 18.2 Å². The van der Waals surface area contributed by atoms with E-state index < -0.39 is 17.6 Å². The third-order valence-electron chi connectivity index (χ3n) is 4.59. The molecule has 28 heavy (non-hydrogen) atoms. The Morgan fingerprint density at radius 1 is 0.929 bits per heavy atom. The maximum absolute atomic E-state index is 13.6. The van der Waals surface area contributed by atoms with Gasteiger partial charge in [-0.3, -0.25) is 9.59 Å². The number of nitrogens with one attached hydrogen (secondary N) is 2. The lowest BCUT2D eigenvalue weighted by molar-refractivity contribution is -0.136. The third kappa shape index (κ3) is 4.35. The summed E-state index contributed by atoms with van der Waals surface area (Å²) in [5.74, 6) is -2.30. The van der Waals surface area contributed by atoms with Crippen molar-refractivity contribution in [3.05, 3.63) is 78.1 Å². The third-order valence-corrected chi connectivity index (χ3v) is 4.59. The molecule has 0 fully saturated rings. The molecule has 0 aromatic heterocycles. The Kier molecular flexibility index (Phi) is 6.01. The first-order chi connectivity index (χ1) is 13.5.